The number of fused-ring (bicyclic) bond motifs is 2. The van der Waals surface area contributed by atoms with Crippen molar-refractivity contribution in [3.63, 3.8) is 0 Å². The lowest BCUT2D eigenvalue weighted by molar-refractivity contribution is -0.130. The summed E-state index contributed by atoms with van der Waals surface area (Å²) in [6, 6.07) is 9.16. The number of aromatic amines is 1. The lowest BCUT2D eigenvalue weighted by Crippen LogP contribution is -2.40. The molecule has 1 fully saturated rings. The summed E-state index contributed by atoms with van der Waals surface area (Å²) in [5.74, 6) is 1.99. The van der Waals surface area contributed by atoms with Crippen LogP contribution in [0.25, 0.3) is 27.8 Å². The van der Waals surface area contributed by atoms with E-state index < -0.39 is 0 Å². The molecule has 1 aliphatic rings. The van der Waals surface area contributed by atoms with Crippen LogP contribution in [0.15, 0.2) is 30.5 Å². The highest BCUT2D eigenvalue weighted by Gasteiger charge is 2.24. The van der Waals surface area contributed by atoms with Gasteiger partial charge in [0.15, 0.2) is 5.65 Å². The number of likely N-dealkylation sites (tertiary alicyclic amines) is 1. The zero-order valence-electron chi connectivity index (χ0n) is 21.7. The fourth-order valence-electron chi connectivity index (χ4n) is 5.47. The molecule has 4 aromatic rings. The van der Waals surface area contributed by atoms with Crippen molar-refractivity contribution >= 4 is 22.5 Å². The molecule has 5 rings (SSSR count). The highest BCUT2D eigenvalue weighted by atomic mass is 16.2. The molecule has 0 aliphatic carbocycles. The van der Waals surface area contributed by atoms with Crippen LogP contribution in [0.4, 0.5) is 0 Å². The number of pyridine rings is 1. The first-order chi connectivity index (χ1) is 16.7. The third kappa shape index (κ3) is 4.33. The Labute approximate surface area is 207 Å². The van der Waals surface area contributed by atoms with Gasteiger partial charge in [0.25, 0.3) is 0 Å². The van der Waals surface area contributed by atoms with E-state index in [4.69, 9.17) is 0 Å². The Balaban J connectivity index is 1.47. The lowest BCUT2D eigenvalue weighted by Gasteiger charge is -2.32. The number of hydrogen-bond acceptors (Lipinski definition) is 4. The lowest BCUT2D eigenvalue weighted by atomic mass is 9.87. The summed E-state index contributed by atoms with van der Waals surface area (Å²) in [6.45, 7) is 11.1. The monoisotopic (exact) mass is 472 g/mol. The van der Waals surface area contributed by atoms with Crippen molar-refractivity contribution < 1.29 is 4.79 Å². The summed E-state index contributed by atoms with van der Waals surface area (Å²) < 4.78 is 2.08. The van der Waals surface area contributed by atoms with E-state index in [0.29, 0.717) is 18.4 Å². The standard InChI is InChI=1S/C28H36N6O/c1-17(2)26-23-14-21(20-9-11-33(12-10-20)16-25(35)32(5)6)7-8-24(23)29-27(26)22-13-18(3)28-31-30-19(4)34(28)15-22/h7-8,13-15,17,20,29H,9-12,16H2,1-6H3. The number of piperidine rings is 1. The molecule has 35 heavy (non-hydrogen) atoms. The molecule has 1 saturated heterocycles. The molecule has 7 nitrogen and oxygen atoms in total. The second-order valence-electron chi connectivity index (χ2n) is 10.6. The van der Waals surface area contributed by atoms with Crippen molar-refractivity contribution in [3.8, 4) is 11.3 Å². The van der Waals surface area contributed by atoms with Gasteiger partial charge in [0, 0.05) is 36.8 Å². The van der Waals surface area contributed by atoms with Gasteiger partial charge >= 0.3 is 0 Å². The van der Waals surface area contributed by atoms with Crippen molar-refractivity contribution in [2.45, 2.75) is 52.4 Å². The minimum atomic E-state index is 0.182. The van der Waals surface area contributed by atoms with E-state index in [1.165, 1.54) is 33.3 Å². The van der Waals surface area contributed by atoms with Crippen LogP contribution in [-0.4, -0.2) is 69.0 Å². The zero-order valence-corrected chi connectivity index (χ0v) is 21.7. The fraction of sp³-hybridized carbons (Fsp3) is 0.464. The van der Waals surface area contributed by atoms with E-state index in [1.807, 2.05) is 21.0 Å². The summed E-state index contributed by atoms with van der Waals surface area (Å²) in [4.78, 5) is 19.8. The Morgan fingerprint density at radius 2 is 1.89 bits per heavy atom. The number of carbonyl (C=O) groups excluding carboxylic acids is 1. The topological polar surface area (TPSA) is 69.5 Å². The van der Waals surface area contributed by atoms with Crippen molar-refractivity contribution in [2.75, 3.05) is 33.7 Å². The molecule has 0 spiro atoms. The highest BCUT2D eigenvalue weighted by Crippen LogP contribution is 2.38. The zero-order chi connectivity index (χ0) is 24.9. The number of hydrogen-bond donors (Lipinski definition) is 1. The Kier molecular flexibility index (Phi) is 6.13. The number of rotatable bonds is 5. The Bertz CT molecular complexity index is 1390. The molecular weight excluding hydrogens is 436 g/mol. The fourth-order valence-corrected chi connectivity index (χ4v) is 5.47. The maximum absolute atomic E-state index is 12.1. The van der Waals surface area contributed by atoms with Crippen molar-refractivity contribution in [3.05, 3.63) is 53.0 Å². The Morgan fingerprint density at radius 1 is 1.14 bits per heavy atom. The van der Waals surface area contributed by atoms with E-state index in [0.717, 1.165) is 43.0 Å². The average molecular weight is 473 g/mol. The molecule has 3 aromatic heterocycles. The predicted molar refractivity (Wildman–Crippen MR) is 141 cm³/mol. The van der Waals surface area contributed by atoms with Gasteiger partial charge < -0.3 is 9.88 Å². The van der Waals surface area contributed by atoms with Gasteiger partial charge in [-0.15, -0.1) is 10.2 Å². The molecule has 0 unspecified atom stereocenters. The number of carbonyl (C=O) groups is 1. The summed E-state index contributed by atoms with van der Waals surface area (Å²) in [6.07, 6.45) is 4.33. The number of benzene rings is 1. The second kappa shape index (κ2) is 9.11. The van der Waals surface area contributed by atoms with Crippen LogP contribution >= 0.6 is 0 Å². The van der Waals surface area contributed by atoms with Crippen LogP contribution in [0.5, 0.6) is 0 Å². The highest BCUT2D eigenvalue weighted by molar-refractivity contribution is 5.92. The first-order valence-corrected chi connectivity index (χ1v) is 12.6. The number of nitrogens with zero attached hydrogens (tertiary/aromatic N) is 5. The third-order valence-corrected chi connectivity index (χ3v) is 7.50. The maximum Gasteiger partial charge on any atom is 0.236 e. The van der Waals surface area contributed by atoms with Gasteiger partial charge in [0.1, 0.15) is 5.82 Å². The molecule has 0 saturated carbocycles. The maximum atomic E-state index is 12.1. The van der Waals surface area contributed by atoms with Gasteiger partial charge in [-0.3, -0.25) is 14.1 Å². The number of H-pyrrole nitrogens is 1. The number of aryl methyl sites for hydroxylation is 2. The van der Waals surface area contributed by atoms with Crippen LogP contribution < -0.4 is 0 Å². The minimum Gasteiger partial charge on any atom is -0.354 e. The van der Waals surface area contributed by atoms with Gasteiger partial charge in [-0.25, -0.2) is 0 Å². The third-order valence-electron chi connectivity index (χ3n) is 7.50. The van der Waals surface area contributed by atoms with Crippen LogP contribution in [0.2, 0.25) is 0 Å². The molecule has 1 N–H and O–H groups in total. The van der Waals surface area contributed by atoms with E-state index >= 15 is 0 Å². The molecule has 7 heteroatoms. The molecule has 1 aliphatic heterocycles. The minimum absolute atomic E-state index is 0.182. The first-order valence-electron chi connectivity index (χ1n) is 12.6. The number of nitrogens with one attached hydrogen (secondary N) is 1. The van der Waals surface area contributed by atoms with Crippen LogP contribution in [0.3, 0.4) is 0 Å². The average Bonchev–Trinajstić information content (AvgIpc) is 3.40. The quantitative estimate of drug-likeness (QED) is 0.449. The number of aromatic nitrogens is 4. The van der Waals surface area contributed by atoms with Crippen LogP contribution in [0.1, 0.15) is 61.0 Å². The van der Waals surface area contributed by atoms with Gasteiger partial charge in [-0.2, -0.15) is 0 Å². The predicted octanol–water partition coefficient (Wildman–Crippen LogP) is 4.89. The Hall–Kier alpha value is -3.19. The van der Waals surface area contributed by atoms with E-state index in [-0.39, 0.29) is 5.91 Å². The van der Waals surface area contributed by atoms with Crippen LogP contribution in [0, 0.1) is 13.8 Å². The number of amides is 1. The molecule has 184 valence electrons. The summed E-state index contributed by atoms with van der Waals surface area (Å²) in [5.41, 5.74) is 8.33. The van der Waals surface area contributed by atoms with Gasteiger partial charge in [0.05, 0.1) is 12.2 Å². The molecule has 1 amide bonds. The molecular formula is C28H36N6O. The first kappa shape index (κ1) is 23.5. The van der Waals surface area contributed by atoms with E-state index in [2.05, 4.69) is 75.7 Å². The largest absolute Gasteiger partial charge is 0.354 e. The SMILES string of the molecule is Cc1cc(-c2[nH]c3ccc(C4CCN(CC(=O)N(C)C)CC4)cc3c2C(C)C)cn2c(C)nnc12. The van der Waals surface area contributed by atoms with Gasteiger partial charge in [-0.05, 0) is 86.5 Å². The summed E-state index contributed by atoms with van der Waals surface area (Å²) in [5, 5.41) is 9.90. The normalized spacial score (nSPS) is 15.5. The van der Waals surface area contributed by atoms with Crippen molar-refractivity contribution in [1.82, 2.24) is 29.4 Å². The molecule has 0 atom stereocenters. The summed E-state index contributed by atoms with van der Waals surface area (Å²) >= 11 is 0. The molecule has 0 bridgehead atoms. The Morgan fingerprint density at radius 3 is 2.57 bits per heavy atom. The number of likely N-dealkylation sites (N-methyl/N-ethyl adjacent to an activating group) is 1. The van der Waals surface area contributed by atoms with Crippen molar-refractivity contribution in [2.24, 2.45) is 0 Å². The van der Waals surface area contributed by atoms with Crippen LogP contribution in [-0.2, 0) is 4.79 Å². The molecule has 0 radical (unpaired) electrons. The smallest absolute Gasteiger partial charge is 0.236 e. The van der Waals surface area contributed by atoms with Crippen molar-refractivity contribution in [1.29, 1.82) is 0 Å². The molecule has 1 aromatic carbocycles. The molecule has 4 heterocycles. The van der Waals surface area contributed by atoms with Gasteiger partial charge in [-0.1, -0.05) is 19.9 Å². The van der Waals surface area contributed by atoms with E-state index in [1.54, 1.807) is 4.90 Å². The second-order valence-corrected chi connectivity index (χ2v) is 10.6. The van der Waals surface area contributed by atoms with E-state index in [9.17, 15) is 4.79 Å². The summed E-state index contributed by atoms with van der Waals surface area (Å²) in [7, 11) is 3.66. The van der Waals surface area contributed by atoms with Gasteiger partial charge in [0.2, 0.25) is 5.91 Å².